The molecule has 192 valence electrons. The van der Waals surface area contributed by atoms with E-state index < -0.39 is 28.5 Å². The summed E-state index contributed by atoms with van der Waals surface area (Å²) in [5.41, 5.74) is 0.821. The highest BCUT2D eigenvalue weighted by molar-refractivity contribution is 9.10. The van der Waals surface area contributed by atoms with E-state index in [4.69, 9.17) is 0 Å². The Bertz CT molecular complexity index is 1340. The fraction of sp³-hybridized carbons (Fsp3) is 0.333. The summed E-state index contributed by atoms with van der Waals surface area (Å²) in [6.45, 7) is 5.88. The van der Waals surface area contributed by atoms with E-state index in [-0.39, 0.29) is 23.3 Å². The maximum atomic E-state index is 13.4. The third-order valence-electron chi connectivity index (χ3n) is 5.88. The van der Waals surface area contributed by atoms with Crippen molar-refractivity contribution < 1.29 is 18.0 Å². The maximum Gasteiger partial charge on any atom is 0.243 e. The molecule has 0 aliphatic rings. The molecule has 36 heavy (non-hydrogen) atoms. The highest BCUT2D eigenvalue weighted by atomic mass is 79.9. The molecule has 0 fully saturated rings. The number of carbonyl (C=O) groups is 2. The molecule has 3 aromatic rings. The molecule has 3 aromatic carbocycles. The number of rotatable bonds is 10. The van der Waals surface area contributed by atoms with Crippen LogP contribution in [0.2, 0.25) is 0 Å². The number of sulfonamides is 1. The maximum absolute atomic E-state index is 13.4. The molecule has 7 nitrogen and oxygen atoms in total. The minimum atomic E-state index is -3.93. The molecule has 0 aliphatic carbocycles. The van der Waals surface area contributed by atoms with Gasteiger partial charge in [0.2, 0.25) is 21.8 Å². The highest BCUT2D eigenvalue weighted by Crippen LogP contribution is 2.22. The van der Waals surface area contributed by atoms with Crippen molar-refractivity contribution in [3.05, 3.63) is 76.8 Å². The quantitative estimate of drug-likeness (QED) is 0.389. The van der Waals surface area contributed by atoms with Gasteiger partial charge >= 0.3 is 0 Å². The van der Waals surface area contributed by atoms with Crippen molar-refractivity contribution in [3.8, 4) is 0 Å². The molecule has 2 amide bonds. The first-order valence-electron chi connectivity index (χ1n) is 11.8. The van der Waals surface area contributed by atoms with Gasteiger partial charge in [0.25, 0.3) is 0 Å². The molecule has 1 N–H and O–H groups in total. The average molecular weight is 575 g/mol. The first-order valence-corrected chi connectivity index (χ1v) is 14.0. The SMILES string of the molecule is CC(C)CNC(=O)C(C)N(Cc1cccc(Br)c1)C(=O)CN(C)S(=O)(=O)c1ccc2ccccc2c1. The number of fused-ring (bicyclic) bond motifs is 1. The van der Waals surface area contributed by atoms with Gasteiger partial charge in [-0.25, -0.2) is 8.42 Å². The van der Waals surface area contributed by atoms with Gasteiger partial charge in [-0.15, -0.1) is 0 Å². The van der Waals surface area contributed by atoms with Crippen LogP contribution in [0, 0.1) is 5.92 Å². The fourth-order valence-electron chi connectivity index (χ4n) is 3.74. The van der Waals surface area contributed by atoms with E-state index in [0.717, 1.165) is 25.1 Å². The van der Waals surface area contributed by atoms with Gasteiger partial charge in [0.05, 0.1) is 11.4 Å². The Kier molecular flexibility index (Phi) is 9.27. The van der Waals surface area contributed by atoms with Crippen molar-refractivity contribution in [1.29, 1.82) is 0 Å². The summed E-state index contributed by atoms with van der Waals surface area (Å²) >= 11 is 3.43. The fourth-order valence-corrected chi connectivity index (χ4v) is 5.34. The normalized spacial score (nSPS) is 12.6. The van der Waals surface area contributed by atoms with Gasteiger partial charge < -0.3 is 10.2 Å². The first kappa shape index (κ1) is 27.8. The van der Waals surface area contributed by atoms with Crippen LogP contribution in [-0.4, -0.2) is 55.6 Å². The van der Waals surface area contributed by atoms with E-state index in [1.807, 2.05) is 62.4 Å². The highest BCUT2D eigenvalue weighted by Gasteiger charge is 2.30. The Morgan fingerprint density at radius 1 is 0.944 bits per heavy atom. The number of likely N-dealkylation sites (N-methyl/N-ethyl adjacent to an activating group) is 1. The molecule has 3 rings (SSSR count). The topological polar surface area (TPSA) is 86.8 Å². The summed E-state index contributed by atoms with van der Waals surface area (Å²) in [5, 5.41) is 4.59. The minimum absolute atomic E-state index is 0.109. The summed E-state index contributed by atoms with van der Waals surface area (Å²) in [6.07, 6.45) is 0. The van der Waals surface area contributed by atoms with Crippen LogP contribution < -0.4 is 5.32 Å². The second-order valence-corrected chi connectivity index (χ2v) is 12.2. The molecule has 0 spiro atoms. The molecule has 0 radical (unpaired) electrons. The van der Waals surface area contributed by atoms with Crippen molar-refractivity contribution in [1.82, 2.24) is 14.5 Å². The number of hydrogen-bond donors (Lipinski definition) is 1. The van der Waals surface area contributed by atoms with Crippen LogP contribution in [-0.2, 0) is 26.2 Å². The molecule has 0 aliphatic heterocycles. The van der Waals surface area contributed by atoms with Gasteiger partial charge in [-0.1, -0.05) is 72.2 Å². The number of carbonyl (C=O) groups excluding carboxylic acids is 2. The lowest BCUT2D eigenvalue weighted by Gasteiger charge is -2.30. The monoisotopic (exact) mass is 573 g/mol. The molecule has 9 heteroatoms. The lowest BCUT2D eigenvalue weighted by molar-refractivity contribution is -0.140. The van der Waals surface area contributed by atoms with Crippen LogP contribution in [0.25, 0.3) is 10.8 Å². The molecule has 0 saturated carbocycles. The number of nitrogens with one attached hydrogen (secondary N) is 1. The van der Waals surface area contributed by atoms with Crippen LogP contribution in [0.15, 0.2) is 76.1 Å². The number of nitrogens with zero attached hydrogens (tertiary/aromatic N) is 2. The number of hydrogen-bond acceptors (Lipinski definition) is 4. The second-order valence-electron chi connectivity index (χ2n) is 9.24. The van der Waals surface area contributed by atoms with Crippen molar-refractivity contribution in [3.63, 3.8) is 0 Å². The van der Waals surface area contributed by atoms with Crippen LogP contribution in [0.5, 0.6) is 0 Å². The zero-order valence-corrected chi connectivity index (χ0v) is 23.3. The zero-order chi connectivity index (χ0) is 26.5. The molecule has 0 saturated heterocycles. The lowest BCUT2D eigenvalue weighted by atomic mass is 10.1. The molecule has 0 heterocycles. The third-order valence-corrected chi connectivity index (χ3v) is 8.17. The number of halogens is 1. The van der Waals surface area contributed by atoms with Crippen molar-refractivity contribution in [2.45, 2.75) is 38.3 Å². The van der Waals surface area contributed by atoms with Gasteiger partial charge in [0.15, 0.2) is 0 Å². The lowest BCUT2D eigenvalue weighted by Crippen LogP contribution is -2.51. The van der Waals surface area contributed by atoms with Gasteiger partial charge in [-0.2, -0.15) is 4.31 Å². The molecular weight excluding hydrogens is 542 g/mol. The number of benzene rings is 3. The largest absolute Gasteiger partial charge is 0.354 e. The minimum Gasteiger partial charge on any atom is -0.354 e. The number of amides is 2. The first-order chi connectivity index (χ1) is 17.0. The van der Waals surface area contributed by atoms with E-state index in [1.165, 1.54) is 11.9 Å². The van der Waals surface area contributed by atoms with Gasteiger partial charge in [-0.3, -0.25) is 9.59 Å². The van der Waals surface area contributed by atoms with Gasteiger partial charge in [0, 0.05) is 24.6 Å². The standard InChI is InChI=1S/C27H32BrN3O4S/c1-19(2)16-29-27(33)20(3)31(17-21-8-7-11-24(28)14-21)26(32)18-30(4)36(34,35)25-13-12-22-9-5-6-10-23(22)15-25/h5-15,19-20H,16-18H2,1-4H3,(H,29,33). The Morgan fingerprint density at radius 3 is 2.31 bits per heavy atom. The smallest absolute Gasteiger partial charge is 0.243 e. The van der Waals surface area contributed by atoms with E-state index in [1.54, 1.807) is 25.1 Å². The van der Waals surface area contributed by atoms with E-state index in [2.05, 4.69) is 21.2 Å². The Morgan fingerprint density at radius 2 is 1.64 bits per heavy atom. The second kappa shape index (κ2) is 12.0. The predicted molar refractivity (Wildman–Crippen MR) is 146 cm³/mol. The Labute approximate surface area is 221 Å². The van der Waals surface area contributed by atoms with Crippen molar-refractivity contribution >= 4 is 48.5 Å². The van der Waals surface area contributed by atoms with Crippen molar-refractivity contribution in [2.75, 3.05) is 20.1 Å². The summed E-state index contributed by atoms with van der Waals surface area (Å²) in [4.78, 5) is 27.8. The Balaban J connectivity index is 1.83. The van der Waals surface area contributed by atoms with Crippen LogP contribution in [0.1, 0.15) is 26.3 Å². The Hall–Kier alpha value is -2.75. The molecule has 0 bridgehead atoms. The summed E-state index contributed by atoms with van der Waals surface area (Å²) in [6, 6.07) is 19.0. The van der Waals surface area contributed by atoms with E-state index in [0.29, 0.717) is 6.54 Å². The molecular formula is C27H32BrN3O4S. The predicted octanol–water partition coefficient (Wildman–Crippen LogP) is 4.41. The average Bonchev–Trinajstić information content (AvgIpc) is 2.84. The summed E-state index contributed by atoms with van der Waals surface area (Å²) < 4.78 is 28.5. The molecule has 1 atom stereocenters. The molecule has 0 aromatic heterocycles. The summed E-state index contributed by atoms with van der Waals surface area (Å²) in [5.74, 6) is -0.491. The van der Waals surface area contributed by atoms with Crippen LogP contribution in [0.4, 0.5) is 0 Å². The van der Waals surface area contributed by atoms with E-state index >= 15 is 0 Å². The zero-order valence-electron chi connectivity index (χ0n) is 20.9. The van der Waals surface area contributed by atoms with E-state index in [9.17, 15) is 18.0 Å². The van der Waals surface area contributed by atoms with Gasteiger partial charge in [-0.05, 0) is 53.4 Å². The third kappa shape index (κ3) is 6.93. The van der Waals surface area contributed by atoms with Crippen LogP contribution in [0.3, 0.4) is 0 Å². The van der Waals surface area contributed by atoms with Crippen LogP contribution >= 0.6 is 15.9 Å². The summed E-state index contributed by atoms with van der Waals surface area (Å²) in [7, 11) is -2.55. The molecule has 1 unspecified atom stereocenters. The van der Waals surface area contributed by atoms with Gasteiger partial charge in [0.1, 0.15) is 6.04 Å². The van der Waals surface area contributed by atoms with Crippen molar-refractivity contribution in [2.24, 2.45) is 5.92 Å².